The molecule has 0 bridgehead atoms. The van der Waals surface area contributed by atoms with Crippen LogP contribution in [0.2, 0.25) is 10.0 Å². The van der Waals surface area contributed by atoms with Gasteiger partial charge in [0.1, 0.15) is 0 Å². The van der Waals surface area contributed by atoms with Crippen LogP contribution in [0.1, 0.15) is 44.6 Å². The second-order valence-corrected chi connectivity index (χ2v) is 6.12. The number of hydrogen-bond donors (Lipinski definition) is 1. The molecule has 1 aromatic carbocycles. The molecular weight excluding hydrogens is 265 g/mol. The van der Waals surface area contributed by atoms with Crippen molar-refractivity contribution in [3.63, 3.8) is 0 Å². The molecule has 2 unspecified atom stereocenters. The molecule has 1 aromatic rings. The standard InChI is InChI=1S/C15H21Cl2N/c1-11-6-3-2-4-9-15(11)18-10-12-13(16)7-5-8-14(12)17/h5,7-8,11,15,18H,2-4,6,9-10H2,1H3. The van der Waals surface area contributed by atoms with Crippen molar-refractivity contribution in [2.24, 2.45) is 5.92 Å². The van der Waals surface area contributed by atoms with E-state index in [1.807, 2.05) is 18.2 Å². The van der Waals surface area contributed by atoms with Gasteiger partial charge in [-0.1, -0.05) is 55.5 Å². The zero-order valence-corrected chi connectivity index (χ0v) is 12.4. The van der Waals surface area contributed by atoms with Gasteiger partial charge in [0, 0.05) is 28.2 Å². The van der Waals surface area contributed by atoms with Gasteiger partial charge in [-0.05, 0) is 30.9 Å². The Morgan fingerprint density at radius 2 is 1.78 bits per heavy atom. The molecule has 1 N–H and O–H groups in total. The van der Waals surface area contributed by atoms with Gasteiger partial charge in [0.15, 0.2) is 0 Å². The number of nitrogens with one attached hydrogen (secondary N) is 1. The van der Waals surface area contributed by atoms with Crippen molar-refractivity contribution in [3.05, 3.63) is 33.8 Å². The highest BCUT2D eigenvalue weighted by Gasteiger charge is 2.19. The summed E-state index contributed by atoms with van der Waals surface area (Å²) in [6, 6.07) is 6.30. The smallest absolute Gasteiger partial charge is 0.0465 e. The summed E-state index contributed by atoms with van der Waals surface area (Å²) in [4.78, 5) is 0. The van der Waals surface area contributed by atoms with Crippen LogP contribution in [0.5, 0.6) is 0 Å². The second-order valence-electron chi connectivity index (χ2n) is 5.30. The first-order valence-corrected chi connectivity index (χ1v) is 7.60. The minimum atomic E-state index is 0.597. The summed E-state index contributed by atoms with van der Waals surface area (Å²) in [6.07, 6.45) is 6.66. The highest BCUT2D eigenvalue weighted by Crippen LogP contribution is 2.26. The molecule has 0 aromatic heterocycles. The van der Waals surface area contributed by atoms with Crippen LogP contribution in [-0.2, 0) is 6.54 Å². The fourth-order valence-corrected chi connectivity index (χ4v) is 3.26. The Labute approximate surface area is 120 Å². The molecule has 0 radical (unpaired) electrons. The molecule has 2 rings (SSSR count). The van der Waals surface area contributed by atoms with E-state index in [-0.39, 0.29) is 0 Å². The lowest BCUT2D eigenvalue weighted by atomic mass is 9.97. The molecule has 100 valence electrons. The third kappa shape index (κ3) is 3.63. The quantitative estimate of drug-likeness (QED) is 0.766. The molecule has 1 nitrogen and oxygen atoms in total. The summed E-state index contributed by atoms with van der Waals surface area (Å²) >= 11 is 12.4. The lowest BCUT2D eigenvalue weighted by molar-refractivity contribution is 0.356. The maximum atomic E-state index is 6.19. The van der Waals surface area contributed by atoms with E-state index in [9.17, 15) is 0 Å². The van der Waals surface area contributed by atoms with E-state index in [0.29, 0.717) is 6.04 Å². The van der Waals surface area contributed by atoms with Gasteiger partial charge in [0.25, 0.3) is 0 Å². The summed E-state index contributed by atoms with van der Waals surface area (Å²) in [5, 5.41) is 5.16. The van der Waals surface area contributed by atoms with Crippen molar-refractivity contribution < 1.29 is 0 Å². The van der Waals surface area contributed by atoms with Gasteiger partial charge >= 0.3 is 0 Å². The van der Waals surface area contributed by atoms with E-state index in [1.165, 1.54) is 32.1 Å². The molecule has 18 heavy (non-hydrogen) atoms. The van der Waals surface area contributed by atoms with E-state index < -0.39 is 0 Å². The fraction of sp³-hybridized carbons (Fsp3) is 0.600. The molecule has 0 heterocycles. The molecular formula is C15H21Cl2N. The van der Waals surface area contributed by atoms with Gasteiger partial charge < -0.3 is 5.32 Å². The van der Waals surface area contributed by atoms with Crippen molar-refractivity contribution in [1.82, 2.24) is 5.32 Å². The third-order valence-corrected chi connectivity index (χ3v) is 4.67. The van der Waals surface area contributed by atoms with E-state index in [2.05, 4.69) is 12.2 Å². The highest BCUT2D eigenvalue weighted by atomic mass is 35.5. The molecule has 2 atom stereocenters. The summed E-state index contributed by atoms with van der Waals surface area (Å²) in [5.74, 6) is 0.744. The molecule has 1 aliphatic carbocycles. The minimum absolute atomic E-state index is 0.597. The Morgan fingerprint density at radius 3 is 2.50 bits per heavy atom. The van der Waals surface area contributed by atoms with Gasteiger partial charge in [-0.15, -0.1) is 0 Å². The Hall–Kier alpha value is -0.240. The topological polar surface area (TPSA) is 12.0 Å². The largest absolute Gasteiger partial charge is 0.310 e. The fourth-order valence-electron chi connectivity index (χ4n) is 2.73. The first kappa shape index (κ1) is 14.2. The van der Waals surface area contributed by atoms with Gasteiger partial charge in [-0.3, -0.25) is 0 Å². The van der Waals surface area contributed by atoms with Crippen LogP contribution in [-0.4, -0.2) is 6.04 Å². The van der Waals surface area contributed by atoms with E-state index in [0.717, 1.165) is 28.1 Å². The van der Waals surface area contributed by atoms with Crippen LogP contribution in [0.15, 0.2) is 18.2 Å². The molecule has 1 aliphatic rings. The average molecular weight is 286 g/mol. The number of rotatable bonds is 3. The zero-order valence-electron chi connectivity index (χ0n) is 10.9. The number of benzene rings is 1. The lowest BCUT2D eigenvalue weighted by Crippen LogP contribution is -2.33. The maximum absolute atomic E-state index is 6.19. The van der Waals surface area contributed by atoms with Crippen LogP contribution in [0.25, 0.3) is 0 Å². The Bertz CT molecular complexity index is 372. The van der Waals surface area contributed by atoms with E-state index >= 15 is 0 Å². The predicted molar refractivity (Wildman–Crippen MR) is 79.3 cm³/mol. The van der Waals surface area contributed by atoms with Crippen molar-refractivity contribution in [2.75, 3.05) is 0 Å². The van der Waals surface area contributed by atoms with Crippen molar-refractivity contribution >= 4 is 23.2 Å². The molecule has 3 heteroatoms. The normalized spacial score (nSPS) is 24.8. The van der Waals surface area contributed by atoms with Crippen molar-refractivity contribution in [1.29, 1.82) is 0 Å². The molecule has 0 aliphatic heterocycles. The summed E-state index contributed by atoms with van der Waals surface area (Å²) in [6.45, 7) is 3.12. The SMILES string of the molecule is CC1CCCCCC1NCc1c(Cl)cccc1Cl. The van der Waals surface area contributed by atoms with Crippen LogP contribution < -0.4 is 5.32 Å². The summed E-state index contributed by atoms with van der Waals surface area (Å²) in [5.41, 5.74) is 1.03. The zero-order chi connectivity index (χ0) is 13.0. The van der Waals surface area contributed by atoms with Gasteiger partial charge in [0.2, 0.25) is 0 Å². The Kier molecular flexibility index (Phi) is 5.35. The predicted octanol–water partition coefficient (Wildman–Crippen LogP) is 5.05. The van der Waals surface area contributed by atoms with Crippen molar-refractivity contribution in [2.45, 2.75) is 51.6 Å². The van der Waals surface area contributed by atoms with Gasteiger partial charge in [-0.25, -0.2) is 0 Å². The average Bonchev–Trinajstić information content (AvgIpc) is 2.54. The summed E-state index contributed by atoms with van der Waals surface area (Å²) in [7, 11) is 0. The van der Waals surface area contributed by atoms with Crippen molar-refractivity contribution in [3.8, 4) is 0 Å². The van der Waals surface area contributed by atoms with Crippen LogP contribution in [0.4, 0.5) is 0 Å². The van der Waals surface area contributed by atoms with E-state index in [4.69, 9.17) is 23.2 Å². The first-order chi connectivity index (χ1) is 8.68. The first-order valence-electron chi connectivity index (χ1n) is 6.84. The van der Waals surface area contributed by atoms with Gasteiger partial charge in [-0.2, -0.15) is 0 Å². The molecule has 0 amide bonds. The van der Waals surface area contributed by atoms with Crippen LogP contribution in [0, 0.1) is 5.92 Å². The Morgan fingerprint density at radius 1 is 1.11 bits per heavy atom. The third-order valence-electron chi connectivity index (χ3n) is 3.96. The second kappa shape index (κ2) is 6.79. The minimum Gasteiger partial charge on any atom is -0.310 e. The number of halogens is 2. The lowest BCUT2D eigenvalue weighted by Gasteiger charge is -2.23. The molecule has 1 saturated carbocycles. The van der Waals surface area contributed by atoms with Crippen LogP contribution in [0.3, 0.4) is 0 Å². The number of hydrogen-bond acceptors (Lipinski definition) is 1. The van der Waals surface area contributed by atoms with Crippen LogP contribution >= 0.6 is 23.2 Å². The molecule has 0 spiro atoms. The maximum Gasteiger partial charge on any atom is 0.0465 e. The Balaban J connectivity index is 1.98. The highest BCUT2D eigenvalue weighted by molar-refractivity contribution is 6.35. The molecule has 0 saturated heterocycles. The van der Waals surface area contributed by atoms with Gasteiger partial charge in [0.05, 0.1) is 0 Å². The van der Waals surface area contributed by atoms with E-state index in [1.54, 1.807) is 0 Å². The summed E-state index contributed by atoms with van der Waals surface area (Å²) < 4.78 is 0. The monoisotopic (exact) mass is 285 g/mol. The molecule has 1 fully saturated rings.